The molecule has 0 fully saturated rings. The van der Waals surface area contributed by atoms with Crippen LogP contribution in [0.5, 0.6) is 0 Å². The number of rotatable bonds is 3. The van der Waals surface area contributed by atoms with Gasteiger partial charge in [0.2, 0.25) is 0 Å². The number of hydrogen-bond donors (Lipinski definition) is 1. The van der Waals surface area contributed by atoms with E-state index in [4.69, 9.17) is 23.2 Å². The summed E-state index contributed by atoms with van der Waals surface area (Å²) in [5.41, 5.74) is 0.607. The van der Waals surface area contributed by atoms with Crippen LogP contribution < -0.4 is 10.2 Å². The fourth-order valence-electron chi connectivity index (χ4n) is 1.99. The highest BCUT2D eigenvalue weighted by Gasteiger charge is 2.31. The minimum absolute atomic E-state index is 0.366. The van der Waals surface area contributed by atoms with Crippen molar-refractivity contribution >= 4 is 40.3 Å². The standard InChI is InChI=1S/C15H13Cl2F3N2/c1-21-12-3-9(15(18,19)20)4-13(8-12)22(2)14-6-10(16)5-11(17)7-14/h3-8,21H,1-2H3. The molecule has 0 saturated carbocycles. The first-order chi connectivity index (χ1) is 10.2. The zero-order valence-corrected chi connectivity index (χ0v) is 13.3. The average Bonchev–Trinajstić information content (AvgIpc) is 2.44. The summed E-state index contributed by atoms with van der Waals surface area (Å²) in [6.07, 6.45) is -4.42. The summed E-state index contributed by atoms with van der Waals surface area (Å²) in [7, 11) is 3.21. The van der Waals surface area contributed by atoms with E-state index >= 15 is 0 Å². The molecule has 0 aliphatic rings. The third kappa shape index (κ3) is 3.78. The first-order valence-electron chi connectivity index (χ1n) is 6.30. The third-order valence-corrected chi connectivity index (χ3v) is 3.59. The summed E-state index contributed by atoms with van der Waals surface area (Å²) >= 11 is 11.9. The van der Waals surface area contributed by atoms with Crippen LogP contribution in [-0.4, -0.2) is 14.1 Å². The summed E-state index contributed by atoms with van der Waals surface area (Å²) < 4.78 is 39.0. The topological polar surface area (TPSA) is 15.3 Å². The highest BCUT2D eigenvalue weighted by Crippen LogP contribution is 2.36. The molecule has 2 aromatic rings. The number of nitrogens with zero attached hydrogens (tertiary/aromatic N) is 1. The van der Waals surface area contributed by atoms with Crippen LogP contribution in [0.4, 0.5) is 30.2 Å². The lowest BCUT2D eigenvalue weighted by atomic mass is 10.1. The molecule has 0 aliphatic heterocycles. The fraction of sp³-hybridized carbons (Fsp3) is 0.200. The van der Waals surface area contributed by atoms with Crippen molar-refractivity contribution in [3.8, 4) is 0 Å². The molecular formula is C15H13Cl2F3N2. The van der Waals surface area contributed by atoms with E-state index in [1.54, 1.807) is 43.3 Å². The lowest BCUT2D eigenvalue weighted by Crippen LogP contribution is -2.13. The van der Waals surface area contributed by atoms with Crippen molar-refractivity contribution in [2.75, 3.05) is 24.3 Å². The number of hydrogen-bond acceptors (Lipinski definition) is 2. The van der Waals surface area contributed by atoms with Crippen molar-refractivity contribution in [3.05, 3.63) is 52.0 Å². The van der Waals surface area contributed by atoms with Crippen molar-refractivity contribution < 1.29 is 13.2 Å². The quantitative estimate of drug-likeness (QED) is 0.751. The highest BCUT2D eigenvalue weighted by molar-refractivity contribution is 6.35. The number of anilines is 3. The van der Waals surface area contributed by atoms with E-state index in [9.17, 15) is 13.2 Å². The predicted molar refractivity (Wildman–Crippen MR) is 85.5 cm³/mol. The second-order valence-electron chi connectivity index (χ2n) is 4.70. The maximum Gasteiger partial charge on any atom is 0.416 e. The molecule has 22 heavy (non-hydrogen) atoms. The van der Waals surface area contributed by atoms with E-state index in [1.807, 2.05) is 0 Å². The second-order valence-corrected chi connectivity index (χ2v) is 5.58. The number of nitrogens with one attached hydrogen (secondary N) is 1. The van der Waals surface area contributed by atoms with Crippen molar-refractivity contribution in [3.63, 3.8) is 0 Å². The molecule has 1 N–H and O–H groups in total. The smallest absolute Gasteiger partial charge is 0.388 e. The van der Waals surface area contributed by atoms with Crippen LogP contribution in [0.3, 0.4) is 0 Å². The predicted octanol–water partition coefficient (Wildman–Crippen LogP) is 5.82. The number of halogens is 5. The van der Waals surface area contributed by atoms with Gasteiger partial charge in [-0.2, -0.15) is 13.2 Å². The molecule has 7 heteroatoms. The van der Waals surface area contributed by atoms with Crippen LogP contribution in [-0.2, 0) is 6.18 Å². The Labute approximate surface area is 136 Å². The molecule has 0 saturated heterocycles. The van der Waals surface area contributed by atoms with Crippen LogP contribution in [0.15, 0.2) is 36.4 Å². The normalized spacial score (nSPS) is 11.4. The first-order valence-corrected chi connectivity index (χ1v) is 7.06. The SMILES string of the molecule is CNc1cc(N(C)c2cc(Cl)cc(Cl)c2)cc(C(F)(F)F)c1. The molecule has 0 amide bonds. The number of alkyl halides is 3. The van der Waals surface area contributed by atoms with Crippen molar-refractivity contribution in [2.45, 2.75) is 6.18 Å². The van der Waals surface area contributed by atoms with Crippen LogP contribution in [0.2, 0.25) is 10.0 Å². The van der Waals surface area contributed by atoms with E-state index in [0.29, 0.717) is 27.1 Å². The van der Waals surface area contributed by atoms with Crippen molar-refractivity contribution in [2.24, 2.45) is 0 Å². The zero-order chi connectivity index (χ0) is 16.5. The van der Waals surface area contributed by atoms with E-state index in [1.165, 1.54) is 0 Å². The Bertz CT molecular complexity index is 667. The summed E-state index contributed by atoms with van der Waals surface area (Å²) in [4.78, 5) is 1.59. The molecule has 0 spiro atoms. The van der Waals surface area contributed by atoms with Gasteiger partial charge in [0.1, 0.15) is 0 Å². The minimum Gasteiger partial charge on any atom is -0.388 e. The maximum absolute atomic E-state index is 13.0. The van der Waals surface area contributed by atoms with Gasteiger partial charge in [-0.15, -0.1) is 0 Å². The van der Waals surface area contributed by atoms with Crippen molar-refractivity contribution in [1.29, 1.82) is 0 Å². The third-order valence-electron chi connectivity index (χ3n) is 3.16. The monoisotopic (exact) mass is 348 g/mol. The Balaban J connectivity index is 2.50. The van der Waals surface area contributed by atoms with E-state index in [2.05, 4.69) is 5.32 Å². The van der Waals surface area contributed by atoms with Gasteiger partial charge >= 0.3 is 6.18 Å². The van der Waals surface area contributed by atoms with Crippen LogP contribution in [0, 0.1) is 0 Å². The lowest BCUT2D eigenvalue weighted by molar-refractivity contribution is -0.137. The molecule has 2 aromatic carbocycles. The second kappa shape index (κ2) is 6.26. The molecule has 2 nitrogen and oxygen atoms in total. The zero-order valence-electron chi connectivity index (χ0n) is 11.8. The van der Waals surface area contributed by atoms with Gasteiger partial charge in [0.15, 0.2) is 0 Å². The van der Waals surface area contributed by atoms with Gasteiger partial charge in [-0.05, 0) is 36.4 Å². The summed E-state index contributed by atoms with van der Waals surface area (Å²) in [6.45, 7) is 0. The molecule has 0 aromatic heterocycles. The Hall–Kier alpha value is -1.59. The average molecular weight is 349 g/mol. The Morgan fingerprint density at radius 3 is 1.95 bits per heavy atom. The molecule has 0 atom stereocenters. The summed E-state index contributed by atoms with van der Waals surface area (Å²) in [6, 6.07) is 8.58. The molecule has 0 heterocycles. The Kier molecular flexibility index (Phi) is 4.78. The largest absolute Gasteiger partial charge is 0.416 e. The summed E-state index contributed by atoms with van der Waals surface area (Å²) in [5.74, 6) is 0. The van der Waals surface area contributed by atoms with Crippen LogP contribution in [0.25, 0.3) is 0 Å². The van der Waals surface area contributed by atoms with Gasteiger partial charge in [-0.3, -0.25) is 0 Å². The van der Waals surface area contributed by atoms with Gasteiger partial charge in [0.05, 0.1) is 5.56 Å². The van der Waals surface area contributed by atoms with Gasteiger partial charge in [-0.1, -0.05) is 23.2 Å². The first kappa shape index (κ1) is 16.8. The van der Waals surface area contributed by atoms with E-state index in [0.717, 1.165) is 12.1 Å². The van der Waals surface area contributed by atoms with E-state index < -0.39 is 11.7 Å². The van der Waals surface area contributed by atoms with Crippen molar-refractivity contribution in [1.82, 2.24) is 0 Å². The molecule has 0 bridgehead atoms. The summed E-state index contributed by atoms with van der Waals surface area (Å²) in [5, 5.41) is 3.55. The van der Waals surface area contributed by atoms with Gasteiger partial charge in [0, 0.05) is 41.2 Å². The van der Waals surface area contributed by atoms with Crippen LogP contribution in [0.1, 0.15) is 5.56 Å². The van der Waals surface area contributed by atoms with Crippen LogP contribution >= 0.6 is 23.2 Å². The Morgan fingerprint density at radius 2 is 1.45 bits per heavy atom. The van der Waals surface area contributed by atoms with Gasteiger partial charge < -0.3 is 10.2 Å². The minimum atomic E-state index is -4.42. The van der Waals surface area contributed by atoms with Gasteiger partial charge in [-0.25, -0.2) is 0 Å². The highest BCUT2D eigenvalue weighted by atomic mass is 35.5. The Morgan fingerprint density at radius 1 is 0.909 bits per heavy atom. The van der Waals surface area contributed by atoms with E-state index in [-0.39, 0.29) is 0 Å². The molecule has 2 rings (SSSR count). The molecule has 0 aliphatic carbocycles. The maximum atomic E-state index is 13.0. The lowest BCUT2D eigenvalue weighted by Gasteiger charge is -2.22. The molecule has 0 unspecified atom stereocenters. The fourth-order valence-corrected chi connectivity index (χ4v) is 2.51. The molecular weight excluding hydrogens is 336 g/mol. The number of benzene rings is 2. The molecule has 0 radical (unpaired) electrons. The van der Waals surface area contributed by atoms with Gasteiger partial charge in [0.25, 0.3) is 0 Å². The molecule has 118 valence electrons.